The SMILES string of the molecule is Cc1ccccc1NC(=O)/C=C/c1ccc(F)c(Cl)c1. The number of nitrogens with one attached hydrogen (secondary N) is 1. The van der Waals surface area contributed by atoms with E-state index in [1.807, 2.05) is 31.2 Å². The van der Waals surface area contributed by atoms with Gasteiger partial charge in [-0.05, 0) is 42.3 Å². The van der Waals surface area contributed by atoms with Gasteiger partial charge in [-0.15, -0.1) is 0 Å². The van der Waals surface area contributed by atoms with Gasteiger partial charge in [0, 0.05) is 11.8 Å². The molecule has 2 aromatic rings. The molecule has 0 atom stereocenters. The van der Waals surface area contributed by atoms with Crippen LogP contribution in [0.25, 0.3) is 6.08 Å². The van der Waals surface area contributed by atoms with E-state index in [1.165, 1.54) is 18.2 Å². The molecular formula is C16H13ClFNO. The average molecular weight is 290 g/mol. The predicted octanol–water partition coefficient (Wildman–Crippen LogP) is 4.44. The Bertz CT molecular complexity index is 667. The van der Waals surface area contributed by atoms with Crippen molar-refractivity contribution >= 4 is 29.3 Å². The lowest BCUT2D eigenvalue weighted by Gasteiger charge is -2.05. The van der Waals surface area contributed by atoms with Crippen molar-refractivity contribution in [3.8, 4) is 0 Å². The number of aryl methyl sites for hydroxylation is 1. The number of amides is 1. The lowest BCUT2D eigenvalue weighted by Crippen LogP contribution is -2.08. The van der Waals surface area contributed by atoms with Crippen LogP contribution in [0.1, 0.15) is 11.1 Å². The van der Waals surface area contributed by atoms with Gasteiger partial charge in [-0.25, -0.2) is 4.39 Å². The zero-order valence-corrected chi connectivity index (χ0v) is 11.6. The quantitative estimate of drug-likeness (QED) is 0.832. The summed E-state index contributed by atoms with van der Waals surface area (Å²) in [6, 6.07) is 11.8. The Morgan fingerprint density at radius 1 is 1.25 bits per heavy atom. The van der Waals surface area contributed by atoms with Crippen LogP contribution in [0.2, 0.25) is 5.02 Å². The zero-order valence-electron chi connectivity index (χ0n) is 10.9. The van der Waals surface area contributed by atoms with E-state index in [1.54, 1.807) is 12.1 Å². The van der Waals surface area contributed by atoms with Crippen LogP contribution >= 0.6 is 11.6 Å². The highest BCUT2D eigenvalue weighted by Crippen LogP contribution is 2.17. The van der Waals surface area contributed by atoms with Crippen molar-refractivity contribution in [2.75, 3.05) is 5.32 Å². The molecule has 0 unspecified atom stereocenters. The summed E-state index contributed by atoms with van der Waals surface area (Å²) in [6.45, 7) is 1.92. The van der Waals surface area contributed by atoms with Gasteiger partial charge in [0.1, 0.15) is 5.82 Å². The molecule has 0 bridgehead atoms. The topological polar surface area (TPSA) is 29.1 Å². The van der Waals surface area contributed by atoms with Crippen molar-refractivity contribution in [1.29, 1.82) is 0 Å². The number of hydrogen-bond acceptors (Lipinski definition) is 1. The van der Waals surface area contributed by atoms with E-state index < -0.39 is 5.82 Å². The first-order valence-electron chi connectivity index (χ1n) is 6.06. The maximum absolute atomic E-state index is 13.0. The lowest BCUT2D eigenvalue weighted by molar-refractivity contribution is -0.111. The Kier molecular flexibility index (Phi) is 4.53. The van der Waals surface area contributed by atoms with Crippen molar-refractivity contribution in [1.82, 2.24) is 0 Å². The minimum Gasteiger partial charge on any atom is -0.322 e. The Morgan fingerprint density at radius 3 is 2.70 bits per heavy atom. The van der Waals surface area contributed by atoms with Gasteiger partial charge in [0.25, 0.3) is 0 Å². The largest absolute Gasteiger partial charge is 0.322 e. The maximum atomic E-state index is 13.0. The van der Waals surface area contributed by atoms with Gasteiger partial charge in [0.15, 0.2) is 0 Å². The number of halogens is 2. The molecule has 20 heavy (non-hydrogen) atoms. The molecule has 0 heterocycles. The normalized spacial score (nSPS) is 10.8. The van der Waals surface area contributed by atoms with Crippen molar-refractivity contribution in [3.63, 3.8) is 0 Å². The second-order valence-corrected chi connectivity index (χ2v) is 4.72. The summed E-state index contributed by atoms with van der Waals surface area (Å²) >= 11 is 5.67. The van der Waals surface area contributed by atoms with Crippen LogP contribution in [0.4, 0.5) is 10.1 Å². The Morgan fingerprint density at radius 2 is 2.00 bits per heavy atom. The molecular weight excluding hydrogens is 277 g/mol. The summed E-state index contributed by atoms with van der Waals surface area (Å²) in [5.41, 5.74) is 2.41. The minimum atomic E-state index is -0.479. The van der Waals surface area contributed by atoms with Crippen LogP contribution in [0.3, 0.4) is 0 Å². The van der Waals surface area contributed by atoms with Crippen LogP contribution in [-0.4, -0.2) is 5.91 Å². The smallest absolute Gasteiger partial charge is 0.248 e. The van der Waals surface area contributed by atoms with Crippen LogP contribution in [-0.2, 0) is 4.79 Å². The van der Waals surface area contributed by atoms with Crippen LogP contribution in [0, 0.1) is 12.7 Å². The van der Waals surface area contributed by atoms with Gasteiger partial charge in [-0.2, -0.15) is 0 Å². The van der Waals surface area contributed by atoms with Gasteiger partial charge in [0.2, 0.25) is 5.91 Å². The third-order valence-electron chi connectivity index (χ3n) is 2.77. The first-order chi connectivity index (χ1) is 9.56. The molecule has 4 heteroatoms. The van der Waals surface area contributed by atoms with Crippen molar-refractivity contribution in [2.24, 2.45) is 0 Å². The summed E-state index contributed by atoms with van der Waals surface area (Å²) in [5, 5.41) is 2.81. The predicted molar refractivity (Wildman–Crippen MR) is 80.3 cm³/mol. The Labute approximate surface area is 121 Å². The van der Waals surface area contributed by atoms with Gasteiger partial charge in [-0.3, -0.25) is 4.79 Å². The lowest BCUT2D eigenvalue weighted by atomic mass is 10.2. The molecule has 1 N–H and O–H groups in total. The molecule has 0 saturated heterocycles. The summed E-state index contributed by atoms with van der Waals surface area (Å²) < 4.78 is 13.0. The van der Waals surface area contributed by atoms with Gasteiger partial charge < -0.3 is 5.32 Å². The number of carbonyl (C=O) groups is 1. The van der Waals surface area contributed by atoms with Gasteiger partial charge >= 0.3 is 0 Å². The molecule has 2 rings (SSSR count). The fourth-order valence-corrected chi connectivity index (χ4v) is 1.86. The molecule has 1 amide bonds. The second kappa shape index (κ2) is 6.35. The summed E-state index contributed by atoms with van der Waals surface area (Å²) in [4.78, 5) is 11.8. The zero-order chi connectivity index (χ0) is 14.5. The third-order valence-corrected chi connectivity index (χ3v) is 3.06. The molecule has 0 radical (unpaired) electrons. The number of hydrogen-bond donors (Lipinski definition) is 1. The minimum absolute atomic E-state index is 0.0338. The molecule has 0 fully saturated rings. The number of benzene rings is 2. The molecule has 0 aliphatic rings. The van der Waals surface area contributed by atoms with Crippen molar-refractivity contribution in [3.05, 3.63) is 70.5 Å². The fourth-order valence-electron chi connectivity index (χ4n) is 1.68. The van der Waals surface area contributed by atoms with E-state index >= 15 is 0 Å². The van der Waals surface area contributed by atoms with Crippen molar-refractivity contribution in [2.45, 2.75) is 6.92 Å². The Hall–Kier alpha value is -2.13. The van der Waals surface area contributed by atoms with E-state index in [0.717, 1.165) is 11.3 Å². The number of para-hydroxylation sites is 1. The molecule has 102 valence electrons. The van der Waals surface area contributed by atoms with Gasteiger partial charge in [-0.1, -0.05) is 35.9 Å². The highest BCUT2D eigenvalue weighted by atomic mass is 35.5. The fraction of sp³-hybridized carbons (Fsp3) is 0.0625. The highest BCUT2D eigenvalue weighted by Gasteiger charge is 2.01. The van der Waals surface area contributed by atoms with Crippen LogP contribution in [0.15, 0.2) is 48.5 Å². The third kappa shape index (κ3) is 3.68. The highest BCUT2D eigenvalue weighted by molar-refractivity contribution is 6.30. The maximum Gasteiger partial charge on any atom is 0.248 e. The first kappa shape index (κ1) is 14.3. The standard InChI is InChI=1S/C16H13ClFNO/c1-11-4-2-3-5-15(11)19-16(20)9-7-12-6-8-14(18)13(17)10-12/h2-10H,1H3,(H,19,20)/b9-7+. The van der Waals surface area contributed by atoms with E-state index in [9.17, 15) is 9.18 Å². The second-order valence-electron chi connectivity index (χ2n) is 4.31. The molecule has 0 saturated carbocycles. The molecule has 0 aromatic heterocycles. The summed E-state index contributed by atoms with van der Waals surface area (Å²) in [7, 11) is 0. The Balaban J connectivity index is 2.06. The number of carbonyl (C=O) groups excluding carboxylic acids is 1. The first-order valence-corrected chi connectivity index (χ1v) is 6.44. The molecule has 0 spiro atoms. The van der Waals surface area contributed by atoms with Crippen LogP contribution in [0.5, 0.6) is 0 Å². The van der Waals surface area contributed by atoms with Gasteiger partial charge in [0.05, 0.1) is 5.02 Å². The number of rotatable bonds is 3. The van der Waals surface area contributed by atoms with Crippen molar-refractivity contribution < 1.29 is 9.18 Å². The van der Waals surface area contributed by atoms with E-state index in [0.29, 0.717) is 5.56 Å². The average Bonchev–Trinajstić information content (AvgIpc) is 2.43. The molecule has 2 aromatic carbocycles. The monoisotopic (exact) mass is 289 g/mol. The molecule has 2 nitrogen and oxygen atoms in total. The molecule has 0 aliphatic heterocycles. The van der Waals surface area contributed by atoms with E-state index in [-0.39, 0.29) is 10.9 Å². The van der Waals surface area contributed by atoms with Crippen LogP contribution < -0.4 is 5.32 Å². The molecule has 0 aliphatic carbocycles. The number of anilines is 1. The van der Waals surface area contributed by atoms with E-state index in [2.05, 4.69) is 5.32 Å². The summed E-state index contributed by atoms with van der Waals surface area (Å²) in [6.07, 6.45) is 2.97. The summed E-state index contributed by atoms with van der Waals surface area (Å²) in [5.74, 6) is -0.729. The van der Waals surface area contributed by atoms with E-state index in [4.69, 9.17) is 11.6 Å².